The molecule has 0 radical (unpaired) electrons. The molecule has 3 aromatic rings. The number of nitrogens with zero attached hydrogens (tertiary/aromatic N) is 5. The van der Waals surface area contributed by atoms with Gasteiger partial charge in [-0.25, -0.2) is 27.7 Å². The molecule has 2 aromatic carbocycles. The summed E-state index contributed by atoms with van der Waals surface area (Å²) >= 11 is 0. The molecule has 82 heavy (non-hydrogen) atoms. The summed E-state index contributed by atoms with van der Waals surface area (Å²) in [6.45, 7) is 5.48. The number of nitrogens with one attached hydrogen (secondary N) is 4. The third kappa shape index (κ3) is 18.4. The van der Waals surface area contributed by atoms with Crippen molar-refractivity contribution in [3.05, 3.63) is 113 Å². The number of ether oxygens (including phenoxy) is 3. The third-order valence-electron chi connectivity index (χ3n) is 11.5. The van der Waals surface area contributed by atoms with Crippen LogP contribution in [0.15, 0.2) is 72.8 Å². The van der Waals surface area contributed by atoms with Crippen LogP contribution in [0.4, 0.5) is 10.1 Å². The molecule has 5 unspecified atom stereocenters. The Hall–Kier alpha value is -6.19. The van der Waals surface area contributed by atoms with E-state index in [1.165, 1.54) is 33.7 Å². The van der Waals surface area contributed by atoms with Gasteiger partial charge in [0.2, 0.25) is 5.91 Å². The van der Waals surface area contributed by atoms with Crippen LogP contribution in [0.3, 0.4) is 0 Å². The number of anilines is 1. The van der Waals surface area contributed by atoms with Crippen molar-refractivity contribution in [1.29, 1.82) is 0 Å². The number of rotatable bonds is 28. The van der Waals surface area contributed by atoms with E-state index in [0.29, 0.717) is 58.7 Å². The van der Waals surface area contributed by atoms with Crippen molar-refractivity contribution in [2.75, 3.05) is 56.4 Å². The van der Waals surface area contributed by atoms with Crippen LogP contribution in [0.2, 0.25) is 0 Å². The molecular weight excluding hydrogens is 1190 g/mol. The molecule has 1 aliphatic carbocycles. The summed E-state index contributed by atoms with van der Waals surface area (Å²) in [7, 11) is -14.5. The third-order valence-corrected chi connectivity index (χ3v) is 17.4. The molecule has 1 saturated heterocycles. The maximum absolute atomic E-state index is 14.2. The molecule has 6 rings (SSSR count). The summed E-state index contributed by atoms with van der Waals surface area (Å²) < 4.78 is 84.4. The number of hydrogen-bond donors (Lipinski definition) is 9. The molecule has 0 bridgehead atoms. The molecular formula is C47H55FN9O20P3S2. The monoisotopic (exact) mass is 1240 g/mol. The Bertz CT molecular complexity index is 3620. The number of carbonyl (C=O) groups excluding carboxylic acids is 2. The molecule has 3 aliphatic rings. The zero-order valence-corrected chi connectivity index (χ0v) is 48.2. The van der Waals surface area contributed by atoms with Gasteiger partial charge in [-0.15, -0.1) is 0 Å². The van der Waals surface area contributed by atoms with E-state index in [-0.39, 0.29) is 48.7 Å². The van der Waals surface area contributed by atoms with E-state index in [0.717, 1.165) is 32.9 Å². The van der Waals surface area contributed by atoms with Crippen LogP contribution in [0.1, 0.15) is 76.7 Å². The van der Waals surface area contributed by atoms with Crippen LogP contribution >= 0.6 is 45.1 Å². The number of carboxylic acids is 1. The first-order chi connectivity index (χ1) is 38.8. The Kier molecular flexibility index (Phi) is 23.3. The molecule has 9 N–H and O–H groups in total. The van der Waals surface area contributed by atoms with Crippen LogP contribution in [-0.2, 0) is 45.8 Å². The number of phosphoric ester groups is 1. The number of aryl methyl sites for hydroxylation is 2. The molecule has 442 valence electrons. The van der Waals surface area contributed by atoms with Gasteiger partial charge in [0, 0.05) is 95.8 Å². The largest absolute Gasteiger partial charge is 0.490 e. The lowest BCUT2D eigenvalue weighted by atomic mass is 9.88. The first-order valence-corrected chi connectivity index (χ1v) is 31.5. The first kappa shape index (κ1) is 65.0. The molecule has 6 atom stereocenters. The highest BCUT2D eigenvalue weighted by Gasteiger charge is 2.44. The van der Waals surface area contributed by atoms with Gasteiger partial charge in [-0.05, 0) is 91.8 Å². The van der Waals surface area contributed by atoms with Crippen molar-refractivity contribution in [2.24, 2.45) is 10.1 Å². The number of amides is 2. The minimum atomic E-state index is -5.91. The fourth-order valence-corrected chi connectivity index (χ4v) is 12.7. The number of hydrogen-bond acceptors (Lipinski definition) is 20. The second kappa shape index (κ2) is 29.4. The fraction of sp³-hybridized carbons (Fsp3) is 0.404. The van der Waals surface area contributed by atoms with E-state index in [9.17, 15) is 57.0 Å². The number of carbonyl (C=O) groups is 3. The maximum Gasteiger partial charge on any atom is 0.490 e. The van der Waals surface area contributed by atoms with Gasteiger partial charge in [0.05, 0.1) is 30.2 Å². The van der Waals surface area contributed by atoms with E-state index in [4.69, 9.17) is 33.9 Å². The minimum absolute atomic E-state index is 0.0107. The second-order valence-corrected chi connectivity index (χ2v) is 24.3. The van der Waals surface area contributed by atoms with Crippen molar-refractivity contribution in [1.82, 2.24) is 20.2 Å². The number of aromatic carboxylic acids is 1. The number of halogens is 1. The smallest absolute Gasteiger partial charge is 0.478 e. The molecule has 0 spiro atoms. The predicted molar refractivity (Wildman–Crippen MR) is 296 cm³/mol. The van der Waals surface area contributed by atoms with Crippen molar-refractivity contribution in [2.45, 2.75) is 71.9 Å². The Balaban J connectivity index is 0.956. The van der Waals surface area contributed by atoms with Crippen LogP contribution in [-0.4, -0.2) is 122 Å². The van der Waals surface area contributed by atoms with Crippen LogP contribution < -0.4 is 32.6 Å². The topological polar surface area (TPSA) is 424 Å². The maximum atomic E-state index is 14.2. The summed E-state index contributed by atoms with van der Waals surface area (Å²) in [4.78, 5) is 110. The number of benzene rings is 3. The Labute approximate surface area is 472 Å². The Morgan fingerprint density at radius 1 is 1.01 bits per heavy atom. The van der Waals surface area contributed by atoms with E-state index in [1.54, 1.807) is 6.07 Å². The van der Waals surface area contributed by atoms with Gasteiger partial charge in [0.25, 0.3) is 17.9 Å². The van der Waals surface area contributed by atoms with Gasteiger partial charge in [-0.2, -0.15) is 8.62 Å². The normalized spacial score (nSPS) is 17.3. The number of aromatic nitrogens is 2. The SMILES string of the molecule is CC/N=c1/cc2oc3cc(NCC)c(C)cc3c(-c3cc(C(=O)NCCSSCOCCCC(=O)NCC#Cc4cn([C@H]5CC(OC(F)N=[N+]=[N-])C(COP(=O)(O)OP(=O)(O)OP(=O)(O)O)O5)c(=O)[nH]c4=O)ccc3C(=O)O)c-2cc1C. The van der Waals surface area contributed by atoms with Crippen LogP contribution in [0.25, 0.3) is 43.9 Å². The number of phosphoric acid groups is 3. The summed E-state index contributed by atoms with van der Waals surface area (Å²) in [6.07, 6.45) is -3.82. The van der Waals surface area contributed by atoms with Gasteiger partial charge in [-0.1, -0.05) is 33.4 Å². The van der Waals surface area contributed by atoms with Gasteiger partial charge in [0.15, 0.2) is 0 Å². The number of carboxylic acid groups (broad SMARTS) is 1. The van der Waals surface area contributed by atoms with Gasteiger partial charge in [0.1, 0.15) is 35.2 Å². The van der Waals surface area contributed by atoms with Gasteiger partial charge < -0.3 is 59.3 Å². The van der Waals surface area contributed by atoms with E-state index in [2.05, 4.69) is 56.0 Å². The molecule has 2 aliphatic heterocycles. The zero-order chi connectivity index (χ0) is 59.9. The number of fused-ring (bicyclic) bond motifs is 2. The minimum Gasteiger partial charge on any atom is -0.478 e. The molecule has 1 fully saturated rings. The second-order valence-electron chi connectivity index (χ2n) is 17.4. The first-order valence-electron chi connectivity index (χ1n) is 24.4. The fourth-order valence-electron chi connectivity index (χ4n) is 8.11. The van der Waals surface area contributed by atoms with E-state index in [1.807, 2.05) is 56.9 Å². The van der Waals surface area contributed by atoms with Crippen molar-refractivity contribution in [3.63, 3.8) is 0 Å². The number of aromatic amines is 1. The highest BCUT2D eigenvalue weighted by Crippen LogP contribution is 2.66. The standard InChI is InChI=1S/C47H55FN9O20P3S2/c1-5-50-34-20-36-32(17-26(34)3)42(33-18-27(4)35(51-6-2)21-37(33)73-36)31-19-28(11-12-30(31)45(61)62)43(59)53-14-16-81-82-25-71-15-8-10-40(58)52-13-7-9-29-23-57(47(63)54-44(29)60)41-22-38(75-46(48)55-56-49)39(74-41)24-72-79(67,68)77-80(69,70)76-78(64,65)66/h11-12,17-21,23,38-39,41,46,50H,5-6,8,10,13-16,22,24-25H2,1-4H3,(H,52,58)(H,53,59)(H,61,62)(H,67,68)(H,69,70)(H,54,60,63)(H2,64,65,66)/b51-35-/t38?,39?,41-,46?/m1/s1. The van der Waals surface area contributed by atoms with Gasteiger partial charge >= 0.3 is 35.1 Å². The molecule has 35 heteroatoms. The van der Waals surface area contributed by atoms with Crippen molar-refractivity contribution >= 4 is 79.5 Å². The van der Waals surface area contributed by atoms with Crippen molar-refractivity contribution < 1.29 is 88.9 Å². The molecule has 1 aromatic heterocycles. The summed E-state index contributed by atoms with van der Waals surface area (Å²) in [6, 6.07) is 12.1. The van der Waals surface area contributed by atoms with Gasteiger partial charge in [-0.3, -0.25) is 33.5 Å². The summed E-state index contributed by atoms with van der Waals surface area (Å²) in [5.41, 5.74) is 11.3. The lowest BCUT2D eigenvalue weighted by Crippen LogP contribution is -2.34. The summed E-state index contributed by atoms with van der Waals surface area (Å²) in [5.74, 6) is 4.37. The Morgan fingerprint density at radius 3 is 2.49 bits per heavy atom. The summed E-state index contributed by atoms with van der Waals surface area (Å²) in [5, 5.41) is 23.3. The van der Waals surface area contributed by atoms with E-state index >= 15 is 0 Å². The predicted octanol–water partition coefficient (Wildman–Crippen LogP) is 6.33. The zero-order valence-electron chi connectivity index (χ0n) is 43.8. The number of H-pyrrole nitrogens is 1. The molecule has 2 amide bonds. The Morgan fingerprint density at radius 2 is 1.78 bits per heavy atom. The molecule has 0 saturated carbocycles. The van der Waals surface area contributed by atoms with Crippen molar-refractivity contribution in [3.8, 4) is 34.3 Å². The quantitative estimate of drug-likeness (QED) is 0.00252. The highest BCUT2D eigenvalue weighted by molar-refractivity contribution is 8.76. The lowest BCUT2D eigenvalue weighted by Gasteiger charge is -2.21. The van der Waals surface area contributed by atoms with Crippen LogP contribution in [0, 0.1) is 25.7 Å². The van der Waals surface area contributed by atoms with Crippen LogP contribution in [0.5, 0.6) is 0 Å². The molecule has 29 nitrogen and oxygen atoms in total. The number of alkyl halides is 1. The average molecular weight is 1240 g/mol. The van der Waals surface area contributed by atoms with E-state index < -0.39 is 90.4 Å². The highest BCUT2D eigenvalue weighted by atomic mass is 33.1. The lowest BCUT2D eigenvalue weighted by molar-refractivity contribution is -0.121. The number of azide groups is 1. The average Bonchev–Trinajstić information content (AvgIpc) is 1.61. The molecule has 3 heterocycles.